The summed E-state index contributed by atoms with van der Waals surface area (Å²) in [5, 5.41) is 2.74. The second-order valence-electron chi connectivity index (χ2n) is 5.63. The quantitative estimate of drug-likeness (QED) is 0.593. The number of carbonyl (C=O) groups excluding carboxylic acids is 1. The van der Waals surface area contributed by atoms with E-state index in [-0.39, 0.29) is 17.4 Å². The van der Waals surface area contributed by atoms with Crippen molar-refractivity contribution < 1.29 is 23.0 Å². The molecule has 1 heterocycles. The molecule has 0 saturated carbocycles. The number of aromatic nitrogens is 2. The Morgan fingerprint density at radius 3 is 2.61 bits per heavy atom. The number of anilines is 1. The van der Waals surface area contributed by atoms with Crippen molar-refractivity contribution in [1.82, 2.24) is 9.97 Å². The molecule has 1 amide bonds. The molecule has 0 aliphatic carbocycles. The molecular weight excluding hydrogens is 368 g/mol. The van der Waals surface area contributed by atoms with Crippen molar-refractivity contribution in [2.75, 3.05) is 12.4 Å². The number of alkyl halides is 2. The Balaban J connectivity index is 1.63. The number of rotatable bonds is 7. The Morgan fingerprint density at radius 1 is 1.18 bits per heavy atom. The van der Waals surface area contributed by atoms with Gasteiger partial charge in [0.2, 0.25) is 5.91 Å². The number of hydrogen-bond donors (Lipinski definition) is 2. The van der Waals surface area contributed by atoms with Crippen LogP contribution in [0.1, 0.15) is 5.56 Å². The van der Waals surface area contributed by atoms with E-state index < -0.39 is 6.61 Å². The van der Waals surface area contributed by atoms with Gasteiger partial charge in [-0.05, 0) is 48.0 Å². The van der Waals surface area contributed by atoms with Gasteiger partial charge in [-0.15, -0.1) is 0 Å². The summed E-state index contributed by atoms with van der Waals surface area (Å²) >= 11 is 0. The van der Waals surface area contributed by atoms with Crippen LogP contribution in [-0.4, -0.2) is 29.6 Å². The van der Waals surface area contributed by atoms with E-state index in [9.17, 15) is 13.6 Å². The number of benzene rings is 2. The molecule has 144 valence electrons. The first-order valence-corrected chi connectivity index (χ1v) is 8.27. The van der Waals surface area contributed by atoms with Gasteiger partial charge in [-0.3, -0.25) is 4.79 Å². The molecule has 0 unspecified atom stereocenters. The molecule has 0 saturated heterocycles. The highest BCUT2D eigenvalue weighted by Crippen LogP contribution is 2.29. The van der Waals surface area contributed by atoms with Gasteiger partial charge < -0.3 is 19.8 Å². The summed E-state index contributed by atoms with van der Waals surface area (Å²) in [6, 6.07) is 11.6. The van der Waals surface area contributed by atoms with E-state index in [0.29, 0.717) is 11.3 Å². The summed E-state index contributed by atoms with van der Waals surface area (Å²) in [5.41, 5.74) is 2.13. The molecule has 2 N–H and O–H groups in total. The van der Waals surface area contributed by atoms with Crippen LogP contribution in [0.4, 0.5) is 14.5 Å². The van der Waals surface area contributed by atoms with Gasteiger partial charge in [0.25, 0.3) is 0 Å². The smallest absolute Gasteiger partial charge is 0.387 e. The predicted octanol–water partition coefficient (Wildman–Crippen LogP) is 4.34. The van der Waals surface area contributed by atoms with Gasteiger partial charge in [0, 0.05) is 29.7 Å². The number of aromatic amines is 1. The molecule has 0 aliphatic heterocycles. The third-order valence-corrected chi connectivity index (χ3v) is 3.75. The van der Waals surface area contributed by atoms with Crippen LogP contribution in [0.2, 0.25) is 0 Å². The minimum absolute atomic E-state index is 0.0734. The standard InChI is InChI=1S/C20H17F2N3O3/c1-27-17-12-13(2-8-16(17)28-20(21)22)3-9-18(26)25-15-6-4-14(5-7-15)19-23-10-11-24-19/h2-12,20H,1H3,(H,23,24)(H,25,26). The van der Waals surface area contributed by atoms with E-state index >= 15 is 0 Å². The van der Waals surface area contributed by atoms with Crippen LogP contribution in [0.5, 0.6) is 11.5 Å². The molecule has 0 bridgehead atoms. The summed E-state index contributed by atoms with van der Waals surface area (Å²) < 4.78 is 34.1. The van der Waals surface area contributed by atoms with Gasteiger partial charge in [-0.1, -0.05) is 6.07 Å². The lowest BCUT2D eigenvalue weighted by Crippen LogP contribution is -2.07. The monoisotopic (exact) mass is 385 g/mol. The molecule has 0 spiro atoms. The topological polar surface area (TPSA) is 76.2 Å². The van der Waals surface area contributed by atoms with Crippen molar-refractivity contribution in [1.29, 1.82) is 0 Å². The highest BCUT2D eigenvalue weighted by atomic mass is 19.3. The van der Waals surface area contributed by atoms with Gasteiger partial charge in [-0.2, -0.15) is 8.78 Å². The number of ether oxygens (including phenoxy) is 2. The fourth-order valence-electron chi connectivity index (χ4n) is 2.47. The maximum Gasteiger partial charge on any atom is 0.387 e. The SMILES string of the molecule is COc1cc(C=CC(=O)Nc2ccc(-c3ncc[nH]3)cc2)ccc1OC(F)F. The molecule has 2 aromatic carbocycles. The zero-order valence-corrected chi connectivity index (χ0v) is 14.9. The maximum atomic E-state index is 12.4. The predicted molar refractivity (Wildman–Crippen MR) is 101 cm³/mol. The van der Waals surface area contributed by atoms with Gasteiger partial charge in [0.15, 0.2) is 11.5 Å². The summed E-state index contributed by atoms with van der Waals surface area (Å²) in [7, 11) is 1.35. The fourth-order valence-corrected chi connectivity index (χ4v) is 2.47. The van der Waals surface area contributed by atoms with Crippen LogP contribution in [0.15, 0.2) is 60.9 Å². The number of methoxy groups -OCH3 is 1. The largest absolute Gasteiger partial charge is 0.493 e. The first-order chi connectivity index (χ1) is 13.5. The molecule has 8 heteroatoms. The number of nitrogens with one attached hydrogen (secondary N) is 2. The number of amides is 1. The molecule has 6 nitrogen and oxygen atoms in total. The highest BCUT2D eigenvalue weighted by molar-refractivity contribution is 6.02. The van der Waals surface area contributed by atoms with Gasteiger partial charge in [-0.25, -0.2) is 4.98 Å². The van der Waals surface area contributed by atoms with Crippen LogP contribution in [0.25, 0.3) is 17.5 Å². The van der Waals surface area contributed by atoms with Crippen molar-refractivity contribution in [2.45, 2.75) is 6.61 Å². The lowest BCUT2D eigenvalue weighted by atomic mass is 10.1. The molecular formula is C20H17F2N3O3. The van der Waals surface area contributed by atoms with E-state index in [1.165, 1.54) is 25.3 Å². The minimum atomic E-state index is -2.94. The lowest BCUT2D eigenvalue weighted by Gasteiger charge is -2.10. The molecule has 3 aromatic rings. The third kappa shape index (κ3) is 4.94. The summed E-state index contributed by atoms with van der Waals surface area (Å²) in [6.45, 7) is -2.94. The summed E-state index contributed by atoms with van der Waals surface area (Å²) in [4.78, 5) is 19.3. The van der Waals surface area contributed by atoms with E-state index in [1.807, 2.05) is 12.1 Å². The Bertz CT molecular complexity index is 955. The van der Waals surface area contributed by atoms with Crippen LogP contribution in [0.3, 0.4) is 0 Å². The second kappa shape index (κ2) is 8.81. The van der Waals surface area contributed by atoms with Crippen molar-refractivity contribution in [3.63, 3.8) is 0 Å². The van der Waals surface area contributed by atoms with E-state index in [1.54, 1.807) is 36.7 Å². The Hall–Kier alpha value is -3.68. The zero-order valence-electron chi connectivity index (χ0n) is 14.9. The lowest BCUT2D eigenvalue weighted by molar-refractivity contribution is -0.111. The van der Waals surface area contributed by atoms with Crippen molar-refractivity contribution in [2.24, 2.45) is 0 Å². The Morgan fingerprint density at radius 2 is 1.96 bits per heavy atom. The van der Waals surface area contributed by atoms with E-state index in [2.05, 4.69) is 20.0 Å². The number of halogens is 2. The van der Waals surface area contributed by atoms with Gasteiger partial charge in [0.1, 0.15) is 5.82 Å². The van der Waals surface area contributed by atoms with Gasteiger partial charge in [0.05, 0.1) is 7.11 Å². The van der Waals surface area contributed by atoms with Crippen LogP contribution >= 0.6 is 0 Å². The van der Waals surface area contributed by atoms with E-state index in [4.69, 9.17) is 4.74 Å². The van der Waals surface area contributed by atoms with Crippen LogP contribution in [-0.2, 0) is 4.79 Å². The molecule has 0 aliphatic rings. The average Bonchev–Trinajstić information content (AvgIpc) is 3.22. The van der Waals surface area contributed by atoms with Crippen LogP contribution in [0, 0.1) is 0 Å². The second-order valence-corrected chi connectivity index (χ2v) is 5.63. The van der Waals surface area contributed by atoms with Crippen molar-refractivity contribution in [3.05, 3.63) is 66.5 Å². The van der Waals surface area contributed by atoms with Gasteiger partial charge >= 0.3 is 6.61 Å². The number of imidazole rings is 1. The minimum Gasteiger partial charge on any atom is -0.493 e. The molecule has 0 atom stereocenters. The molecule has 1 aromatic heterocycles. The van der Waals surface area contributed by atoms with E-state index in [0.717, 1.165) is 11.4 Å². The Labute approximate surface area is 159 Å². The zero-order chi connectivity index (χ0) is 19.9. The molecule has 3 rings (SSSR count). The summed E-state index contributed by atoms with van der Waals surface area (Å²) in [5.74, 6) is 0.482. The molecule has 28 heavy (non-hydrogen) atoms. The van der Waals surface area contributed by atoms with Crippen LogP contribution < -0.4 is 14.8 Å². The molecule has 0 fully saturated rings. The number of H-pyrrole nitrogens is 1. The normalized spacial score (nSPS) is 11.0. The highest BCUT2D eigenvalue weighted by Gasteiger charge is 2.10. The first-order valence-electron chi connectivity index (χ1n) is 8.27. The maximum absolute atomic E-state index is 12.4. The third-order valence-electron chi connectivity index (χ3n) is 3.75. The summed E-state index contributed by atoms with van der Waals surface area (Å²) in [6.07, 6.45) is 6.28. The first kappa shape index (κ1) is 19.1. The molecule has 0 radical (unpaired) electrons. The Kier molecular flexibility index (Phi) is 6.01. The fraction of sp³-hybridized carbons (Fsp3) is 0.100. The number of nitrogens with zero attached hydrogens (tertiary/aromatic N) is 1. The number of carbonyl (C=O) groups is 1. The average molecular weight is 385 g/mol. The number of hydrogen-bond acceptors (Lipinski definition) is 4. The van der Waals surface area contributed by atoms with Crippen molar-refractivity contribution in [3.8, 4) is 22.9 Å². The van der Waals surface area contributed by atoms with Crippen molar-refractivity contribution >= 4 is 17.7 Å².